The summed E-state index contributed by atoms with van der Waals surface area (Å²) >= 11 is 0. The van der Waals surface area contributed by atoms with Crippen LogP contribution in [0.5, 0.6) is 0 Å². The first-order chi connectivity index (χ1) is 4.95. The summed E-state index contributed by atoms with van der Waals surface area (Å²) in [5.74, 6) is -0.956. The summed E-state index contributed by atoms with van der Waals surface area (Å²) in [6, 6.07) is -0.671. The molecule has 0 unspecified atom stereocenters. The first-order valence-corrected chi connectivity index (χ1v) is 3.62. The van der Waals surface area contributed by atoms with E-state index in [1.54, 1.807) is 13.8 Å². The van der Waals surface area contributed by atoms with Gasteiger partial charge in [-0.25, -0.2) is 0 Å². The van der Waals surface area contributed by atoms with E-state index in [0.717, 1.165) is 0 Å². The summed E-state index contributed by atoms with van der Waals surface area (Å²) in [4.78, 5) is 10.5. The molecule has 11 heavy (non-hydrogen) atoms. The molecule has 0 aliphatic rings. The molecule has 4 nitrogen and oxygen atoms in total. The quantitative estimate of drug-likeness (QED) is 0.496. The minimum atomic E-state index is -0.930. The molecule has 1 atom stereocenters. The Labute approximate surface area is 66.7 Å². The van der Waals surface area contributed by atoms with Crippen LogP contribution in [-0.4, -0.2) is 29.2 Å². The summed E-state index contributed by atoms with van der Waals surface area (Å²) in [7, 11) is -0.779. The van der Waals surface area contributed by atoms with Gasteiger partial charge in [0.05, 0.1) is 0 Å². The normalized spacial score (nSPS) is 13.2. The van der Waals surface area contributed by atoms with Crippen molar-refractivity contribution in [3.05, 3.63) is 0 Å². The van der Waals surface area contributed by atoms with E-state index in [0.29, 0.717) is 0 Å². The molecule has 64 valence electrons. The first-order valence-electron chi connectivity index (χ1n) is 3.62. The smallest absolute Gasteiger partial charge is 0.374 e. The van der Waals surface area contributed by atoms with Gasteiger partial charge in [-0.3, -0.25) is 4.79 Å². The lowest BCUT2D eigenvalue weighted by Gasteiger charge is -2.17. The highest BCUT2D eigenvalue weighted by atomic mass is 16.4. The van der Waals surface area contributed by atoms with Crippen LogP contribution < -0.4 is 5.23 Å². The molecule has 0 spiro atoms. The lowest BCUT2D eigenvalue weighted by molar-refractivity contribution is -0.140. The van der Waals surface area contributed by atoms with Crippen molar-refractivity contribution in [2.45, 2.75) is 26.7 Å². The average Bonchev–Trinajstić information content (AvgIpc) is 1.81. The Balaban J connectivity index is 4.01. The standard InChI is InChI=1S/C6H14BNO3/c1-4(2)5(6(9)10)8-7(3)11/h4-5,8,11H,1-3H3,(H,9,10)/t5-/m1/s1. The monoisotopic (exact) mass is 159 g/mol. The van der Waals surface area contributed by atoms with Gasteiger partial charge in [-0.05, 0) is 12.7 Å². The van der Waals surface area contributed by atoms with E-state index in [2.05, 4.69) is 5.23 Å². The molecule has 0 amide bonds. The Bertz CT molecular complexity index is 138. The van der Waals surface area contributed by atoms with Gasteiger partial charge in [0.25, 0.3) is 0 Å². The predicted molar refractivity (Wildman–Crippen MR) is 43.2 cm³/mol. The zero-order chi connectivity index (χ0) is 9.02. The van der Waals surface area contributed by atoms with E-state index in [9.17, 15) is 4.79 Å². The third-order valence-corrected chi connectivity index (χ3v) is 1.35. The predicted octanol–water partition coefficient (Wildman–Crippen LogP) is -0.205. The van der Waals surface area contributed by atoms with Crippen LogP contribution in [0, 0.1) is 5.92 Å². The van der Waals surface area contributed by atoms with E-state index < -0.39 is 19.1 Å². The van der Waals surface area contributed by atoms with Crippen LogP contribution in [0.2, 0.25) is 6.82 Å². The molecule has 0 aliphatic heterocycles. The fourth-order valence-corrected chi connectivity index (χ4v) is 0.809. The van der Waals surface area contributed by atoms with Crippen LogP contribution in [0.25, 0.3) is 0 Å². The Hall–Kier alpha value is -0.545. The zero-order valence-corrected chi connectivity index (χ0v) is 7.03. The van der Waals surface area contributed by atoms with Crippen molar-refractivity contribution in [2.24, 2.45) is 5.92 Å². The van der Waals surface area contributed by atoms with Crippen molar-refractivity contribution >= 4 is 13.0 Å². The number of carboxylic acids is 1. The number of carbonyl (C=O) groups is 1. The molecular weight excluding hydrogens is 145 g/mol. The second-order valence-corrected chi connectivity index (χ2v) is 2.90. The molecule has 0 saturated heterocycles. The Morgan fingerprint density at radius 1 is 1.55 bits per heavy atom. The molecule has 0 fully saturated rings. The molecule has 0 radical (unpaired) electrons. The van der Waals surface area contributed by atoms with Crippen LogP contribution in [0.4, 0.5) is 0 Å². The van der Waals surface area contributed by atoms with Crippen LogP contribution in [0.15, 0.2) is 0 Å². The fraction of sp³-hybridized carbons (Fsp3) is 0.833. The summed E-state index contributed by atoms with van der Waals surface area (Å²) in [6.07, 6.45) is 0. The maximum absolute atomic E-state index is 10.5. The summed E-state index contributed by atoms with van der Waals surface area (Å²) in [6.45, 7) is 5.07. The highest BCUT2D eigenvalue weighted by Gasteiger charge is 2.23. The van der Waals surface area contributed by atoms with Crippen molar-refractivity contribution in [1.82, 2.24) is 5.23 Å². The number of nitrogens with one attached hydrogen (secondary N) is 1. The fourth-order valence-electron chi connectivity index (χ4n) is 0.809. The van der Waals surface area contributed by atoms with Crippen LogP contribution in [0.3, 0.4) is 0 Å². The second kappa shape index (κ2) is 4.36. The molecule has 0 rings (SSSR count). The van der Waals surface area contributed by atoms with Gasteiger partial charge in [0.1, 0.15) is 6.04 Å². The lowest BCUT2D eigenvalue weighted by atomic mass is 9.85. The van der Waals surface area contributed by atoms with Gasteiger partial charge >= 0.3 is 13.0 Å². The van der Waals surface area contributed by atoms with Crippen molar-refractivity contribution in [1.29, 1.82) is 0 Å². The molecule has 3 N–H and O–H groups in total. The third kappa shape index (κ3) is 4.00. The Morgan fingerprint density at radius 2 is 2.00 bits per heavy atom. The molecular formula is C6H14BNO3. The van der Waals surface area contributed by atoms with E-state index in [1.807, 2.05) is 0 Å². The molecule has 5 heteroatoms. The molecule has 0 aromatic carbocycles. The number of rotatable bonds is 4. The molecule has 0 aromatic rings. The largest absolute Gasteiger partial charge is 0.480 e. The second-order valence-electron chi connectivity index (χ2n) is 2.90. The van der Waals surface area contributed by atoms with Gasteiger partial charge < -0.3 is 15.4 Å². The van der Waals surface area contributed by atoms with Crippen LogP contribution in [0.1, 0.15) is 13.8 Å². The SMILES string of the molecule is CB(O)N[C@@H](C(=O)O)C(C)C. The third-order valence-electron chi connectivity index (χ3n) is 1.35. The Morgan fingerprint density at radius 3 is 2.09 bits per heavy atom. The number of hydrogen-bond acceptors (Lipinski definition) is 3. The average molecular weight is 159 g/mol. The topological polar surface area (TPSA) is 69.6 Å². The summed E-state index contributed by atoms with van der Waals surface area (Å²) < 4.78 is 0. The molecule has 0 aromatic heterocycles. The minimum absolute atomic E-state index is 0.0258. The highest BCUT2D eigenvalue weighted by Crippen LogP contribution is 2.01. The van der Waals surface area contributed by atoms with E-state index in [1.165, 1.54) is 6.82 Å². The Kier molecular flexibility index (Phi) is 4.14. The van der Waals surface area contributed by atoms with Crippen molar-refractivity contribution < 1.29 is 14.9 Å². The van der Waals surface area contributed by atoms with Gasteiger partial charge in [-0.1, -0.05) is 13.8 Å². The van der Waals surface area contributed by atoms with Crippen molar-refractivity contribution in [3.8, 4) is 0 Å². The van der Waals surface area contributed by atoms with E-state index in [4.69, 9.17) is 10.1 Å². The minimum Gasteiger partial charge on any atom is -0.480 e. The van der Waals surface area contributed by atoms with Crippen molar-refractivity contribution in [3.63, 3.8) is 0 Å². The van der Waals surface area contributed by atoms with Gasteiger partial charge in [0, 0.05) is 0 Å². The van der Waals surface area contributed by atoms with Crippen molar-refractivity contribution in [2.75, 3.05) is 0 Å². The van der Waals surface area contributed by atoms with Crippen LogP contribution >= 0.6 is 0 Å². The van der Waals surface area contributed by atoms with E-state index in [-0.39, 0.29) is 5.92 Å². The van der Waals surface area contributed by atoms with Crippen LogP contribution in [-0.2, 0) is 4.79 Å². The van der Waals surface area contributed by atoms with Gasteiger partial charge in [-0.15, -0.1) is 0 Å². The molecule has 0 heterocycles. The van der Waals surface area contributed by atoms with Gasteiger partial charge in [0.15, 0.2) is 0 Å². The zero-order valence-electron chi connectivity index (χ0n) is 7.03. The number of carboxylic acid groups (broad SMARTS) is 1. The first kappa shape index (κ1) is 10.5. The van der Waals surface area contributed by atoms with Gasteiger partial charge in [-0.2, -0.15) is 0 Å². The van der Waals surface area contributed by atoms with Gasteiger partial charge in [0.2, 0.25) is 0 Å². The number of hydrogen-bond donors (Lipinski definition) is 3. The van der Waals surface area contributed by atoms with E-state index >= 15 is 0 Å². The molecule has 0 saturated carbocycles. The lowest BCUT2D eigenvalue weighted by Crippen LogP contribution is -2.47. The molecule has 0 bridgehead atoms. The maximum atomic E-state index is 10.5. The molecule has 0 aliphatic carbocycles. The summed E-state index contributed by atoms with van der Waals surface area (Å²) in [5, 5.41) is 20.0. The maximum Gasteiger partial charge on any atom is 0.374 e. The summed E-state index contributed by atoms with van der Waals surface area (Å²) in [5.41, 5.74) is 0. The number of aliphatic carboxylic acids is 1. The highest BCUT2D eigenvalue weighted by molar-refractivity contribution is 6.46.